The van der Waals surface area contributed by atoms with Crippen LogP contribution in [0, 0.1) is 0 Å². The molecule has 0 aromatic heterocycles. The Morgan fingerprint density at radius 2 is 1.87 bits per heavy atom. The maximum Gasteiger partial charge on any atom is 0.261 e. The second-order valence-electron chi connectivity index (χ2n) is 3.46. The van der Waals surface area contributed by atoms with E-state index >= 15 is 0 Å². The van der Waals surface area contributed by atoms with Gasteiger partial charge in [-0.15, -0.1) is 0 Å². The molecule has 78 valence electrons. The van der Waals surface area contributed by atoms with Gasteiger partial charge in [-0.2, -0.15) is 0 Å². The fourth-order valence-electron chi connectivity index (χ4n) is 1.68. The molecule has 1 aromatic rings. The topological polar surface area (TPSA) is 49.4 Å². The number of hydrogen-bond donors (Lipinski definition) is 1. The highest BCUT2D eigenvalue weighted by molar-refractivity contribution is 6.21. The van der Waals surface area contributed by atoms with Crippen molar-refractivity contribution in [2.45, 2.75) is 6.92 Å². The van der Waals surface area contributed by atoms with Crippen molar-refractivity contribution in [1.82, 2.24) is 4.90 Å². The Morgan fingerprint density at radius 1 is 1.20 bits per heavy atom. The van der Waals surface area contributed by atoms with Crippen molar-refractivity contribution < 1.29 is 9.59 Å². The Morgan fingerprint density at radius 3 is 2.53 bits per heavy atom. The summed E-state index contributed by atoms with van der Waals surface area (Å²) in [4.78, 5) is 24.3. The van der Waals surface area contributed by atoms with Crippen LogP contribution in [0.1, 0.15) is 27.6 Å². The lowest BCUT2D eigenvalue weighted by atomic mass is 10.1. The SMILES string of the molecule is CCNc1ccc2c(c1)C(=O)N(C)C2=O. The van der Waals surface area contributed by atoms with Gasteiger partial charge in [0.15, 0.2) is 0 Å². The van der Waals surface area contributed by atoms with Crippen molar-refractivity contribution in [3.8, 4) is 0 Å². The summed E-state index contributed by atoms with van der Waals surface area (Å²) in [7, 11) is 1.50. The van der Waals surface area contributed by atoms with Gasteiger partial charge in [-0.05, 0) is 25.1 Å². The van der Waals surface area contributed by atoms with Gasteiger partial charge in [-0.25, -0.2) is 0 Å². The number of carbonyl (C=O) groups is 2. The largest absolute Gasteiger partial charge is 0.385 e. The van der Waals surface area contributed by atoms with Crippen LogP contribution < -0.4 is 5.32 Å². The summed E-state index contributed by atoms with van der Waals surface area (Å²) in [5, 5.41) is 3.11. The summed E-state index contributed by atoms with van der Waals surface area (Å²) in [5.74, 6) is -0.451. The number of nitrogens with zero attached hydrogens (tertiary/aromatic N) is 1. The highest BCUT2D eigenvalue weighted by Gasteiger charge is 2.32. The first kappa shape index (κ1) is 9.71. The molecule has 0 saturated carbocycles. The van der Waals surface area contributed by atoms with Gasteiger partial charge in [0.2, 0.25) is 0 Å². The minimum Gasteiger partial charge on any atom is -0.385 e. The van der Waals surface area contributed by atoms with Crippen molar-refractivity contribution in [1.29, 1.82) is 0 Å². The fourth-order valence-corrected chi connectivity index (χ4v) is 1.68. The highest BCUT2D eigenvalue weighted by Crippen LogP contribution is 2.24. The molecule has 2 rings (SSSR count). The first-order valence-corrected chi connectivity index (χ1v) is 4.85. The van der Waals surface area contributed by atoms with E-state index in [1.54, 1.807) is 12.1 Å². The van der Waals surface area contributed by atoms with Crippen LogP contribution in [-0.4, -0.2) is 30.3 Å². The van der Waals surface area contributed by atoms with E-state index < -0.39 is 0 Å². The molecule has 0 bridgehead atoms. The van der Waals surface area contributed by atoms with E-state index in [9.17, 15) is 9.59 Å². The Bertz CT molecular complexity index is 440. The molecule has 4 heteroatoms. The third kappa shape index (κ3) is 1.38. The average Bonchev–Trinajstić information content (AvgIpc) is 2.45. The quantitative estimate of drug-likeness (QED) is 0.740. The highest BCUT2D eigenvalue weighted by atomic mass is 16.2. The van der Waals surface area contributed by atoms with Crippen LogP contribution in [0.25, 0.3) is 0 Å². The number of imide groups is 1. The molecule has 0 radical (unpaired) electrons. The first-order chi connectivity index (χ1) is 7.15. The smallest absolute Gasteiger partial charge is 0.261 e. The van der Waals surface area contributed by atoms with Crippen LogP contribution in [0.15, 0.2) is 18.2 Å². The van der Waals surface area contributed by atoms with Gasteiger partial charge in [0.1, 0.15) is 0 Å². The number of nitrogens with one attached hydrogen (secondary N) is 1. The normalized spacial score (nSPS) is 14.4. The van der Waals surface area contributed by atoms with Gasteiger partial charge in [0.25, 0.3) is 11.8 Å². The Hall–Kier alpha value is -1.84. The van der Waals surface area contributed by atoms with E-state index in [4.69, 9.17) is 0 Å². The standard InChI is InChI=1S/C11H12N2O2/c1-3-12-7-4-5-8-9(6-7)11(15)13(2)10(8)14/h4-6,12H,3H2,1-2H3. The summed E-state index contributed by atoms with van der Waals surface area (Å²) in [6, 6.07) is 5.23. The Labute approximate surface area is 87.9 Å². The zero-order chi connectivity index (χ0) is 11.0. The van der Waals surface area contributed by atoms with Gasteiger partial charge in [-0.1, -0.05) is 0 Å². The summed E-state index contributed by atoms with van der Waals surface area (Å²) in [6.45, 7) is 2.77. The first-order valence-electron chi connectivity index (χ1n) is 4.85. The van der Waals surface area contributed by atoms with E-state index in [2.05, 4.69) is 5.32 Å². The third-order valence-corrected chi connectivity index (χ3v) is 2.47. The summed E-state index contributed by atoms with van der Waals surface area (Å²) >= 11 is 0. The molecule has 1 heterocycles. The molecule has 2 amide bonds. The van der Waals surface area contributed by atoms with Gasteiger partial charge in [0, 0.05) is 19.3 Å². The second kappa shape index (κ2) is 3.38. The van der Waals surface area contributed by atoms with E-state index in [1.807, 2.05) is 13.0 Å². The van der Waals surface area contributed by atoms with Crippen LogP contribution in [0.2, 0.25) is 0 Å². The number of rotatable bonds is 2. The zero-order valence-corrected chi connectivity index (χ0v) is 8.70. The van der Waals surface area contributed by atoms with E-state index in [0.717, 1.165) is 17.1 Å². The molecule has 4 nitrogen and oxygen atoms in total. The van der Waals surface area contributed by atoms with E-state index in [-0.39, 0.29) is 11.8 Å². The number of anilines is 1. The van der Waals surface area contributed by atoms with Gasteiger partial charge in [0.05, 0.1) is 11.1 Å². The van der Waals surface area contributed by atoms with E-state index in [0.29, 0.717) is 11.1 Å². The minimum atomic E-state index is -0.227. The van der Waals surface area contributed by atoms with Crippen LogP contribution in [-0.2, 0) is 0 Å². The fraction of sp³-hybridized carbons (Fsp3) is 0.273. The molecule has 0 spiro atoms. The molecule has 1 N–H and O–H groups in total. The number of fused-ring (bicyclic) bond motifs is 1. The van der Waals surface area contributed by atoms with E-state index in [1.165, 1.54) is 7.05 Å². The summed E-state index contributed by atoms with van der Waals surface area (Å²) in [5.41, 5.74) is 1.85. The Kier molecular flexibility index (Phi) is 2.19. The van der Waals surface area contributed by atoms with Crippen molar-refractivity contribution in [3.05, 3.63) is 29.3 Å². The molecule has 0 saturated heterocycles. The van der Waals surface area contributed by atoms with Crippen LogP contribution in [0.3, 0.4) is 0 Å². The number of hydrogen-bond acceptors (Lipinski definition) is 3. The van der Waals surface area contributed by atoms with Crippen molar-refractivity contribution in [2.75, 3.05) is 18.9 Å². The number of carbonyl (C=O) groups excluding carboxylic acids is 2. The van der Waals surface area contributed by atoms with Crippen molar-refractivity contribution in [3.63, 3.8) is 0 Å². The van der Waals surface area contributed by atoms with Crippen LogP contribution >= 0.6 is 0 Å². The molecule has 1 aliphatic heterocycles. The number of amides is 2. The number of benzene rings is 1. The molecule has 0 fully saturated rings. The lowest BCUT2D eigenvalue weighted by Gasteiger charge is -2.03. The summed E-state index contributed by atoms with van der Waals surface area (Å²) < 4.78 is 0. The van der Waals surface area contributed by atoms with Crippen molar-refractivity contribution in [2.24, 2.45) is 0 Å². The summed E-state index contributed by atoms with van der Waals surface area (Å²) in [6.07, 6.45) is 0. The lowest BCUT2D eigenvalue weighted by Crippen LogP contribution is -2.24. The predicted molar refractivity (Wildman–Crippen MR) is 57.0 cm³/mol. The molecular formula is C11H12N2O2. The van der Waals surface area contributed by atoms with Crippen molar-refractivity contribution >= 4 is 17.5 Å². The zero-order valence-electron chi connectivity index (χ0n) is 8.70. The molecule has 0 aliphatic carbocycles. The molecule has 1 aliphatic rings. The monoisotopic (exact) mass is 204 g/mol. The third-order valence-electron chi connectivity index (χ3n) is 2.47. The van der Waals surface area contributed by atoms with Crippen LogP contribution in [0.4, 0.5) is 5.69 Å². The molecule has 15 heavy (non-hydrogen) atoms. The van der Waals surface area contributed by atoms with Gasteiger partial charge >= 0.3 is 0 Å². The second-order valence-corrected chi connectivity index (χ2v) is 3.46. The molecule has 0 unspecified atom stereocenters. The van der Waals surface area contributed by atoms with Gasteiger partial charge in [-0.3, -0.25) is 14.5 Å². The predicted octanol–water partition coefficient (Wildman–Crippen LogP) is 1.34. The minimum absolute atomic E-state index is 0.224. The molecule has 1 aromatic carbocycles. The maximum absolute atomic E-state index is 11.6. The molecular weight excluding hydrogens is 192 g/mol. The van der Waals surface area contributed by atoms with Crippen LogP contribution in [0.5, 0.6) is 0 Å². The Balaban J connectivity index is 2.47. The lowest BCUT2D eigenvalue weighted by molar-refractivity contribution is 0.0693. The molecule has 0 atom stereocenters. The average molecular weight is 204 g/mol. The maximum atomic E-state index is 11.6. The van der Waals surface area contributed by atoms with Gasteiger partial charge < -0.3 is 5.32 Å².